The molecule has 3 nitrogen and oxygen atoms in total. The van der Waals surface area contributed by atoms with Crippen molar-refractivity contribution in [3.05, 3.63) is 70.5 Å². The number of hydrogen-bond acceptors (Lipinski definition) is 2. The van der Waals surface area contributed by atoms with E-state index in [4.69, 9.17) is 0 Å². The summed E-state index contributed by atoms with van der Waals surface area (Å²) < 4.78 is 40.7. The Morgan fingerprint density at radius 3 is 2.60 bits per heavy atom. The van der Waals surface area contributed by atoms with Gasteiger partial charge in [-0.25, -0.2) is 13.2 Å². The zero-order valence-electron chi connectivity index (χ0n) is 13.8. The summed E-state index contributed by atoms with van der Waals surface area (Å²) in [5, 5.41) is 6.00. The fraction of sp³-hybridized carbons (Fsp3) is 0.316. The highest BCUT2D eigenvalue weighted by Crippen LogP contribution is 2.27. The molecule has 0 aliphatic carbocycles. The first-order chi connectivity index (χ1) is 12.0. The van der Waals surface area contributed by atoms with Crippen LogP contribution in [0.15, 0.2) is 36.4 Å². The van der Waals surface area contributed by atoms with E-state index in [1.165, 1.54) is 18.2 Å². The molecule has 0 saturated carbocycles. The van der Waals surface area contributed by atoms with Gasteiger partial charge in [-0.1, -0.05) is 17.7 Å². The molecular formula is C19H19F3N2O. The summed E-state index contributed by atoms with van der Waals surface area (Å²) in [6, 6.07) is 7.79. The quantitative estimate of drug-likeness (QED) is 0.894. The molecule has 1 aliphatic rings. The number of benzene rings is 2. The van der Waals surface area contributed by atoms with Crippen LogP contribution in [0, 0.1) is 24.4 Å². The minimum Gasteiger partial charge on any atom is -0.347 e. The third kappa shape index (κ3) is 3.85. The minimum absolute atomic E-state index is 0.0189. The molecule has 1 saturated heterocycles. The summed E-state index contributed by atoms with van der Waals surface area (Å²) >= 11 is 0. The van der Waals surface area contributed by atoms with Crippen LogP contribution >= 0.6 is 0 Å². The van der Waals surface area contributed by atoms with Gasteiger partial charge in [0.1, 0.15) is 5.82 Å². The topological polar surface area (TPSA) is 41.1 Å². The molecule has 1 aliphatic heterocycles. The van der Waals surface area contributed by atoms with Crippen molar-refractivity contribution in [2.24, 2.45) is 0 Å². The van der Waals surface area contributed by atoms with Gasteiger partial charge in [0.05, 0.1) is 5.56 Å². The normalized spacial score (nSPS) is 20.3. The lowest BCUT2D eigenvalue weighted by Crippen LogP contribution is -2.50. The highest BCUT2D eigenvalue weighted by atomic mass is 19.2. The molecule has 25 heavy (non-hydrogen) atoms. The molecule has 0 radical (unpaired) electrons. The molecule has 1 amide bonds. The first kappa shape index (κ1) is 17.5. The molecule has 0 aromatic heterocycles. The van der Waals surface area contributed by atoms with Gasteiger partial charge in [-0.15, -0.1) is 0 Å². The van der Waals surface area contributed by atoms with E-state index in [9.17, 15) is 18.0 Å². The molecule has 2 unspecified atom stereocenters. The van der Waals surface area contributed by atoms with Gasteiger partial charge in [0, 0.05) is 18.5 Å². The SMILES string of the molecule is Cc1ccc(F)c(C(=O)NC2CNCCC2c2ccc(F)c(F)c2)c1. The molecule has 1 fully saturated rings. The predicted molar refractivity (Wildman–Crippen MR) is 89.0 cm³/mol. The van der Waals surface area contributed by atoms with Crippen LogP contribution in [-0.4, -0.2) is 25.0 Å². The van der Waals surface area contributed by atoms with Crippen LogP contribution in [0.5, 0.6) is 0 Å². The number of aryl methyl sites for hydroxylation is 1. The molecule has 6 heteroatoms. The Kier molecular flexibility index (Phi) is 5.08. The van der Waals surface area contributed by atoms with Crippen LogP contribution < -0.4 is 10.6 Å². The Morgan fingerprint density at radius 1 is 1.08 bits per heavy atom. The van der Waals surface area contributed by atoms with Crippen LogP contribution in [0.2, 0.25) is 0 Å². The standard InChI is InChI=1S/C19H19F3N2O/c1-11-2-4-15(20)14(8-11)19(25)24-18-10-23-7-6-13(18)12-3-5-16(21)17(22)9-12/h2-5,8-9,13,18,23H,6-7,10H2,1H3,(H,24,25). The van der Waals surface area contributed by atoms with Gasteiger partial charge in [-0.2, -0.15) is 0 Å². The number of amides is 1. The molecule has 0 spiro atoms. The lowest BCUT2D eigenvalue weighted by Gasteiger charge is -2.33. The molecule has 1 heterocycles. The van der Waals surface area contributed by atoms with E-state index >= 15 is 0 Å². The van der Waals surface area contributed by atoms with Crippen LogP contribution in [0.3, 0.4) is 0 Å². The zero-order chi connectivity index (χ0) is 18.0. The van der Waals surface area contributed by atoms with E-state index in [0.29, 0.717) is 25.1 Å². The average molecular weight is 348 g/mol. The van der Waals surface area contributed by atoms with Crippen molar-refractivity contribution >= 4 is 5.91 Å². The molecule has 2 atom stereocenters. The molecular weight excluding hydrogens is 329 g/mol. The molecule has 0 bridgehead atoms. The van der Waals surface area contributed by atoms with Crippen molar-refractivity contribution in [1.82, 2.24) is 10.6 Å². The third-order valence-corrected chi connectivity index (χ3v) is 4.54. The number of rotatable bonds is 3. The molecule has 2 N–H and O–H groups in total. The Bertz CT molecular complexity index is 794. The summed E-state index contributed by atoms with van der Waals surface area (Å²) in [6.45, 7) is 2.96. The number of carbonyl (C=O) groups is 1. The van der Waals surface area contributed by atoms with E-state index in [1.807, 2.05) is 0 Å². The monoisotopic (exact) mass is 348 g/mol. The number of halogens is 3. The predicted octanol–water partition coefficient (Wildman–Crippen LogP) is 3.29. The maximum Gasteiger partial charge on any atom is 0.254 e. The average Bonchev–Trinajstić information content (AvgIpc) is 2.60. The fourth-order valence-corrected chi connectivity index (χ4v) is 3.21. The van der Waals surface area contributed by atoms with Crippen LogP contribution in [0.25, 0.3) is 0 Å². The second kappa shape index (κ2) is 7.27. The lowest BCUT2D eigenvalue weighted by atomic mass is 9.85. The van der Waals surface area contributed by atoms with Crippen LogP contribution in [0.4, 0.5) is 13.2 Å². The first-order valence-electron chi connectivity index (χ1n) is 8.18. The molecule has 132 valence electrons. The van der Waals surface area contributed by atoms with E-state index in [0.717, 1.165) is 17.7 Å². The number of carbonyl (C=O) groups excluding carboxylic acids is 1. The van der Waals surface area contributed by atoms with Gasteiger partial charge in [0.15, 0.2) is 11.6 Å². The second-order valence-corrected chi connectivity index (χ2v) is 6.34. The smallest absolute Gasteiger partial charge is 0.254 e. The maximum atomic E-state index is 13.9. The van der Waals surface area contributed by atoms with Crippen LogP contribution in [0.1, 0.15) is 33.8 Å². The Morgan fingerprint density at radius 2 is 1.84 bits per heavy atom. The van der Waals surface area contributed by atoms with E-state index in [-0.39, 0.29) is 17.5 Å². The molecule has 2 aromatic carbocycles. The Labute approximate surface area is 144 Å². The lowest BCUT2D eigenvalue weighted by molar-refractivity contribution is 0.0920. The van der Waals surface area contributed by atoms with Crippen molar-refractivity contribution in [3.63, 3.8) is 0 Å². The number of nitrogens with one attached hydrogen (secondary N) is 2. The fourth-order valence-electron chi connectivity index (χ4n) is 3.21. The first-order valence-corrected chi connectivity index (χ1v) is 8.18. The van der Waals surface area contributed by atoms with Gasteiger partial charge >= 0.3 is 0 Å². The highest BCUT2D eigenvalue weighted by Gasteiger charge is 2.29. The summed E-state index contributed by atoms with van der Waals surface area (Å²) in [4.78, 5) is 12.5. The Hall–Kier alpha value is -2.34. The van der Waals surface area contributed by atoms with Crippen molar-refractivity contribution in [1.29, 1.82) is 0 Å². The van der Waals surface area contributed by atoms with E-state index in [2.05, 4.69) is 10.6 Å². The molecule has 2 aromatic rings. The summed E-state index contributed by atoms with van der Waals surface area (Å²) in [6.07, 6.45) is 0.659. The summed E-state index contributed by atoms with van der Waals surface area (Å²) in [7, 11) is 0. The van der Waals surface area contributed by atoms with Crippen molar-refractivity contribution in [2.75, 3.05) is 13.1 Å². The van der Waals surface area contributed by atoms with Crippen molar-refractivity contribution in [2.45, 2.75) is 25.3 Å². The van der Waals surface area contributed by atoms with Gasteiger partial charge in [0.25, 0.3) is 5.91 Å². The van der Waals surface area contributed by atoms with E-state index in [1.54, 1.807) is 13.0 Å². The van der Waals surface area contributed by atoms with Gasteiger partial charge < -0.3 is 10.6 Å². The van der Waals surface area contributed by atoms with Crippen molar-refractivity contribution < 1.29 is 18.0 Å². The maximum absolute atomic E-state index is 13.9. The van der Waals surface area contributed by atoms with Gasteiger partial charge in [0.2, 0.25) is 0 Å². The van der Waals surface area contributed by atoms with Crippen LogP contribution in [-0.2, 0) is 0 Å². The number of hydrogen-bond donors (Lipinski definition) is 2. The number of piperidine rings is 1. The van der Waals surface area contributed by atoms with Crippen molar-refractivity contribution in [3.8, 4) is 0 Å². The minimum atomic E-state index is -0.911. The Balaban J connectivity index is 1.82. The molecule has 3 rings (SSSR count). The van der Waals surface area contributed by atoms with Gasteiger partial charge in [-0.05, 0) is 49.7 Å². The zero-order valence-corrected chi connectivity index (χ0v) is 13.8. The third-order valence-electron chi connectivity index (χ3n) is 4.54. The summed E-state index contributed by atoms with van der Waals surface area (Å²) in [5.74, 6) is -3.09. The second-order valence-electron chi connectivity index (χ2n) is 6.34. The largest absolute Gasteiger partial charge is 0.347 e. The highest BCUT2D eigenvalue weighted by molar-refractivity contribution is 5.95. The van der Waals surface area contributed by atoms with E-state index < -0.39 is 23.4 Å². The summed E-state index contributed by atoms with van der Waals surface area (Å²) in [5.41, 5.74) is 1.38. The van der Waals surface area contributed by atoms with Gasteiger partial charge in [-0.3, -0.25) is 4.79 Å².